The molecule has 0 saturated carbocycles. The molecule has 2 heterocycles. The first kappa shape index (κ1) is 20.4. The number of ether oxygens (including phenoxy) is 1. The van der Waals surface area contributed by atoms with Gasteiger partial charge in [0.1, 0.15) is 5.75 Å². The molecule has 0 unspecified atom stereocenters. The van der Waals surface area contributed by atoms with Crippen LogP contribution in [0.4, 0.5) is 0 Å². The number of piperazine rings is 1. The number of methoxy groups -OCH3 is 1. The number of halogens is 1. The molecule has 0 radical (unpaired) electrons. The van der Waals surface area contributed by atoms with Gasteiger partial charge in [0.05, 0.1) is 19.0 Å². The number of amides is 1. The minimum Gasteiger partial charge on any atom is -0.659 e. The Bertz CT molecular complexity index is 1100. The number of hydrogen-bond donors (Lipinski definition) is 0. The smallest absolute Gasteiger partial charge is 0.262 e. The molecular weight excluding hydrogens is 402 g/mol. The molecule has 0 bridgehead atoms. The third-order valence-corrected chi connectivity index (χ3v) is 5.82. The fourth-order valence-electron chi connectivity index (χ4n) is 3.91. The van der Waals surface area contributed by atoms with Crippen molar-refractivity contribution in [3.05, 3.63) is 69.6 Å². The monoisotopic (exact) mass is 424 g/mol. The molecule has 4 rings (SSSR count). The summed E-state index contributed by atoms with van der Waals surface area (Å²) in [5.41, 5.74) is 2.89. The second-order valence-electron chi connectivity index (χ2n) is 7.32. The molecule has 1 saturated heterocycles. The van der Waals surface area contributed by atoms with E-state index in [1.54, 1.807) is 35.9 Å². The summed E-state index contributed by atoms with van der Waals surface area (Å²) < 4.78 is 7.06. The highest BCUT2D eigenvalue weighted by molar-refractivity contribution is 6.30. The number of fused-ring (bicyclic) bond motifs is 1. The third-order valence-electron chi connectivity index (χ3n) is 5.57. The number of carbonyl (C=O) groups excluding carboxylic acids is 2. The Morgan fingerprint density at radius 3 is 2.47 bits per heavy atom. The van der Waals surface area contributed by atoms with Crippen molar-refractivity contribution in [2.24, 2.45) is 0 Å². The molecule has 3 aromatic rings. The van der Waals surface area contributed by atoms with Gasteiger partial charge in [0.25, 0.3) is 5.91 Å². The highest BCUT2D eigenvalue weighted by Crippen LogP contribution is 2.31. The number of nitrogens with zero attached hydrogens (tertiary/aromatic N) is 3. The minimum absolute atomic E-state index is 0.0498. The Labute approximate surface area is 180 Å². The zero-order valence-corrected chi connectivity index (χ0v) is 17.8. The van der Waals surface area contributed by atoms with Crippen LogP contribution in [0, 0.1) is 6.92 Å². The van der Waals surface area contributed by atoms with Crippen molar-refractivity contribution in [2.75, 3.05) is 33.3 Å². The van der Waals surface area contributed by atoms with Gasteiger partial charge >= 0.3 is 0 Å². The minimum atomic E-state index is -0.158. The predicted molar refractivity (Wildman–Crippen MR) is 118 cm³/mol. The zero-order valence-electron chi connectivity index (χ0n) is 17.0. The van der Waals surface area contributed by atoms with Crippen LogP contribution in [0.2, 0.25) is 5.02 Å². The lowest BCUT2D eigenvalue weighted by Crippen LogP contribution is -2.40. The van der Waals surface area contributed by atoms with Crippen molar-refractivity contribution in [1.29, 1.82) is 0 Å². The lowest BCUT2D eigenvalue weighted by molar-refractivity contribution is -0.130. The Balaban J connectivity index is 1.79. The number of rotatable bonds is 4. The van der Waals surface area contributed by atoms with Gasteiger partial charge in [-0.1, -0.05) is 11.6 Å². The van der Waals surface area contributed by atoms with Gasteiger partial charge in [0.2, 0.25) is 5.91 Å². The average molecular weight is 425 g/mol. The van der Waals surface area contributed by atoms with Gasteiger partial charge in [0.15, 0.2) is 0 Å². The standard InChI is InChI=1S/C23H23ClN3O3/c1-15-19(14-22(28)26-11-9-25-10-12-26)20-13-18(30-2)7-8-21(20)27(15)23(29)16-3-5-17(24)6-4-16/h3-8,13H,9-12,14H2,1-2H3/q-1. The van der Waals surface area contributed by atoms with E-state index in [2.05, 4.69) is 5.32 Å². The first-order valence-electron chi connectivity index (χ1n) is 9.89. The van der Waals surface area contributed by atoms with E-state index in [4.69, 9.17) is 16.3 Å². The quantitative estimate of drug-likeness (QED) is 0.634. The molecule has 6 nitrogen and oxygen atoms in total. The number of carbonyl (C=O) groups is 2. The van der Waals surface area contributed by atoms with E-state index in [0.29, 0.717) is 42.5 Å². The first-order valence-corrected chi connectivity index (χ1v) is 10.3. The van der Waals surface area contributed by atoms with E-state index >= 15 is 0 Å². The zero-order chi connectivity index (χ0) is 21.3. The molecule has 30 heavy (non-hydrogen) atoms. The molecule has 1 aliphatic heterocycles. The van der Waals surface area contributed by atoms with Crippen LogP contribution in [0.3, 0.4) is 0 Å². The molecule has 0 N–H and O–H groups in total. The summed E-state index contributed by atoms with van der Waals surface area (Å²) in [5.74, 6) is 0.577. The molecule has 0 spiro atoms. The maximum Gasteiger partial charge on any atom is 0.262 e. The van der Waals surface area contributed by atoms with E-state index < -0.39 is 0 Å². The van der Waals surface area contributed by atoms with Gasteiger partial charge in [-0.25, -0.2) is 0 Å². The van der Waals surface area contributed by atoms with Crippen molar-refractivity contribution in [1.82, 2.24) is 9.47 Å². The van der Waals surface area contributed by atoms with Crippen LogP contribution in [0.5, 0.6) is 5.75 Å². The predicted octanol–water partition coefficient (Wildman–Crippen LogP) is 4.06. The average Bonchev–Trinajstić information content (AvgIpc) is 3.05. The van der Waals surface area contributed by atoms with Gasteiger partial charge in [0, 0.05) is 34.8 Å². The fraction of sp³-hybridized carbons (Fsp3) is 0.304. The van der Waals surface area contributed by atoms with Crippen LogP contribution in [-0.2, 0) is 11.2 Å². The summed E-state index contributed by atoms with van der Waals surface area (Å²) in [6, 6.07) is 12.4. The van der Waals surface area contributed by atoms with Gasteiger partial charge in [-0.05, 0) is 55.0 Å². The largest absolute Gasteiger partial charge is 0.659 e. The summed E-state index contributed by atoms with van der Waals surface area (Å²) >= 11 is 5.98. The number of aromatic nitrogens is 1. The van der Waals surface area contributed by atoms with Crippen molar-refractivity contribution >= 4 is 34.3 Å². The van der Waals surface area contributed by atoms with Crippen LogP contribution in [0.15, 0.2) is 42.5 Å². The van der Waals surface area contributed by atoms with E-state index in [1.807, 2.05) is 30.0 Å². The van der Waals surface area contributed by atoms with E-state index in [1.165, 1.54) is 0 Å². The van der Waals surface area contributed by atoms with Crippen molar-refractivity contribution in [2.45, 2.75) is 13.3 Å². The summed E-state index contributed by atoms with van der Waals surface area (Å²) in [4.78, 5) is 28.1. The maximum atomic E-state index is 13.3. The summed E-state index contributed by atoms with van der Waals surface area (Å²) in [5, 5.41) is 5.73. The summed E-state index contributed by atoms with van der Waals surface area (Å²) in [7, 11) is 1.60. The second-order valence-corrected chi connectivity index (χ2v) is 7.76. The van der Waals surface area contributed by atoms with Crippen LogP contribution < -0.4 is 4.74 Å². The highest BCUT2D eigenvalue weighted by atomic mass is 35.5. The maximum absolute atomic E-state index is 13.3. The second kappa shape index (κ2) is 8.50. The molecule has 1 aliphatic rings. The van der Waals surface area contributed by atoms with Gasteiger partial charge in [-0.15, -0.1) is 13.1 Å². The van der Waals surface area contributed by atoms with E-state index in [-0.39, 0.29) is 18.2 Å². The molecule has 0 atom stereocenters. The molecule has 1 amide bonds. The molecule has 2 aromatic carbocycles. The lowest BCUT2D eigenvalue weighted by atomic mass is 10.1. The number of benzene rings is 2. The normalized spacial score (nSPS) is 14.2. The first-order chi connectivity index (χ1) is 14.5. The number of hydrogen-bond acceptors (Lipinski definition) is 3. The van der Waals surface area contributed by atoms with Crippen LogP contribution in [-0.4, -0.2) is 54.6 Å². The van der Waals surface area contributed by atoms with Gasteiger partial charge in [-0.2, -0.15) is 0 Å². The van der Waals surface area contributed by atoms with Crippen LogP contribution in [0.25, 0.3) is 16.2 Å². The Morgan fingerprint density at radius 1 is 1.10 bits per heavy atom. The molecular formula is C23H23ClN3O3-. The SMILES string of the molecule is COc1ccc2c(c1)c(CC(=O)N1CC[N-]CC1)c(C)n2C(=O)c1ccc(Cl)cc1. The van der Waals surface area contributed by atoms with Crippen LogP contribution >= 0.6 is 11.6 Å². The van der Waals surface area contributed by atoms with Crippen molar-refractivity contribution in [3.8, 4) is 5.75 Å². The van der Waals surface area contributed by atoms with Crippen LogP contribution in [0.1, 0.15) is 21.6 Å². The van der Waals surface area contributed by atoms with Gasteiger partial charge < -0.3 is 15.0 Å². The molecule has 1 aromatic heterocycles. The van der Waals surface area contributed by atoms with Gasteiger partial charge in [-0.3, -0.25) is 14.2 Å². The molecule has 7 heteroatoms. The molecule has 0 aliphatic carbocycles. The lowest BCUT2D eigenvalue weighted by Gasteiger charge is -2.35. The van der Waals surface area contributed by atoms with Crippen molar-refractivity contribution < 1.29 is 14.3 Å². The summed E-state index contributed by atoms with van der Waals surface area (Å²) in [6.45, 7) is 4.52. The topological polar surface area (TPSA) is 65.6 Å². The Kier molecular flexibility index (Phi) is 5.79. The molecule has 1 fully saturated rings. The fourth-order valence-corrected chi connectivity index (χ4v) is 4.04. The van der Waals surface area contributed by atoms with E-state index in [0.717, 1.165) is 22.2 Å². The van der Waals surface area contributed by atoms with Crippen molar-refractivity contribution in [3.63, 3.8) is 0 Å². The third kappa shape index (κ3) is 3.80. The van der Waals surface area contributed by atoms with E-state index in [9.17, 15) is 9.59 Å². The molecule has 156 valence electrons. The highest BCUT2D eigenvalue weighted by Gasteiger charge is 2.23. The Morgan fingerprint density at radius 2 is 1.80 bits per heavy atom. The summed E-state index contributed by atoms with van der Waals surface area (Å²) in [6.07, 6.45) is 0.233. The Hall–Kier alpha value is -2.83.